The molecule has 2 aromatic carbocycles. The van der Waals surface area contributed by atoms with Crippen LogP contribution in [0.1, 0.15) is 10.4 Å². The van der Waals surface area contributed by atoms with E-state index < -0.39 is 0 Å². The quantitative estimate of drug-likeness (QED) is 0.596. The number of nitrogens with one attached hydrogen (secondary N) is 1. The molecule has 0 bridgehead atoms. The molecule has 3 aromatic rings. The molecule has 0 spiro atoms. The monoisotopic (exact) mass is 427 g/mol. The molecule has 0 saturated carbocycles. The van der Waals surface area contributed by atoms with Gasteiger partial charge in [-0.3, -0.25) is 10.1 Å². The molecule has 116 valence electrons. The second-order valence-electron chi connectivity index (χ2n) is 4.50. The van der Waals surface area contributed by atoms with Crippen molar-refractivity contribution in [1.82, 2.24) is 10.2 Å². The predicted molar refractivity (Wildman–Crippen MR) is 97.5 cm³/mol. The van der Waals surface area contributed by atoms with Gasteiger partial charge in [-0.2, -0.15) is 0 Å². The van der Waals surface area contributed by atoms with Gasteiger partial charge in [0.1, 0.15) is 5.01 Å². The number of benzene rings is 2. The zero-order valence-corrected chi connectivity index (χ0v) is 15.3. The van der Waals surface area contributed by atoms with Gasteiger partial charge in [-0.1, -0.05) is 62.6 Å². The van der Waals surface area contributed by atoms with E-state index in [0.29, 0.717) is 15.7 Å². The van der Waals surface area contributed by atoms with Crippen LogP contribution in [0.4, 0.5) is 5.13 Å². The molecule has 0 aliphatic heterocycles. The number of aromatic nitrogens is 2. The summed E-state index contributed by atoms with van der Waals surface area (Å²) in [5, 5.41) is 12.6. The van der Waals surface area contributed by atoms with E-state index in [4.69, 9.17) is 23.2 Å². The zero-order valence-electron chi connectivity index (χ0n) is 11.4. The number of hydrogen-bond donors (Lipinski definition) is 1. The Morgan fingerprint density at radius 2 is 1.83 bits per heavy atom. The number of carbonyl (C=O) groups excluding carboxylic acids is 1. The van der Waals surface area contributed by atoms with Crippen molar-refractivity contribution in [3.63, 3.8) is 0 Å². The van der Waals surface area contributed by atoms with E-state index in [-0.39, 0.29) is 10.9 Å². The summed E-state index contributed by atoms with van der Waals surface area (Å²) in [6, 6.07) is 12.4. The molecule has 0 atom stereocenters. The molecule has 0 radical (unpaired) electrons. The van der Waals surface area contributed by atoms with Gasteiger partial charge in [-0.15, -0.1) is 10.2 Å². The first-order chi connectivity index (χ1) is 11.0. The fourth-order valence-electron chi connectivity index (χ4n) is 1.82. The van der Waals surface area contributed by atoms with E-state index >= 15 is 0 Å². The Morgan fingerprint density at radius 1 is 1.09 bits per heavy atom. The van der Waals surface area contributed by atoms with E-state index in [0.717, 1.165) is 15.0 Å². The highest BCUT2D eigenvalue weighted by molar-refractivity contribution is 9.10. The summed E-state index contributed by atoms with van der Waals surface area (Å²) >= 11 is 16.5. The van der Waals surface area contributed by atoms with E-state index in [1.165, 1.54) is 17.4 Å². The molecule has 0 unspecified atom stereocenters. The van der Waals surface area contributed by atoms with Crippen molar-refractivity contribution in [3.8, 4) is 10.6 Å². The number of nitrogens with zero attached hydrogens (tertiary/aromatic N) is 2. The maximum Gasteiger partial charge on any atom is 0.259 e. The molecule has 4 nitrogen and oxygen atoms in total. The average Bonchev–Trinajstić information content (AvgIpc) is 2.96. The fraction of sp³-hybridized carbons (Fsp3) is 0. The van der Waals surface area contributed by atoms with Gasteiger partial charge < -0.3 is 0 Å². The third-order valence-corrected chi connectivity index (χ3v) is 4.88. The Morgan fingerprint density at radius 3 is 2.52 bits per heavy atom. The molecular formula is C15H8BrCl2N3OS. The van der Waals surface area contributed by atoms with Crippen molar-refractivity contribution in [3.05, 3.63) is 62.5 Å². The highest BCUT2D eigenvalue weighted by atomic mass is 79.9. The number of carbonyl (C=O) groups is 1. The fourth-order valence-corrected chi connectivity index (χ4v) is 3.32. The van der Waals surface area contributed by atoms with Crippen LogP contribution in [0.25, 0.3) is 10.6 Å². The number of hydrogen-bond acceptors (Lipinski definition) is 4. The van der Waals surface area contributed by atoms with Gasteiger partial charge >= 0.3 is 0 Å². The topological polar surface area (TPSA) is 54.9 Å². The number of anilines is 1. The average molecular weight is 429 g/mol. The first-order valence-electron chi connectivity index (χ1n) is 6.39. The summed E-state index contributed by atoms with van der Waals surface area (Å²) in [5.41, 5.74) is 1.26. The Labute approximate surface area is 154 Å². The highest BCUT2D eigenvalue weighted by Gasteiger charge is 2.14. The van der Waals surface area contributed by atoms with Crippen LogP contribution in [0.2, 0.25) is 10.0 Å². The van der Waals surface area contributed by atoms with Crippen LogP contribution < -0.4 is 5.32 Å². The Bertz CT molecular complexity index is 867. The predicted octanol–water partition coefficient (Wildman–Crippen LogP) is 5.53. The number of halogens is 3. The maximum atomic E-state index is 12.2. The maximum absolute atomic E-state index is 12.2. The van der Waals surface area contributed by atoms with Crippen LogP contribution in [0.15, 0.2) is 46.9 Å². The summed E-state index contributed by atoms with van der Waals surface area (Å²) in [7, 11) is 0. The van der Waals surface area contributed by atoms with Crippen molar-refractivity contribution >= 4 is 61.5 Å². The zero-order chi connectivity index (χ0) is 16.4. The third kappa shape index (κ3) is 3.90. The summed E-state index contributed by atoms with van der Waals surface area (Å²) < 4.78 is 0.983. The van der Waals surface area contributed by atoms with E-state index in [1.807, 2.05) is 24.3 Å². The van der Waals surface area contributed by atoms with Crippen molar-refractivity contribution in [2.75, 3.05) is 5.32 Å². The number of amides is 1. The lowest BCUT2D eigenvalue weighted by molar-refractivity contribution is 0.102. The smallest absolute Gasteiger partial charge is 0.259 e. The molecule has 1 heterocycles. The van der Waals surface area contributed by atoms with Gasteiger partial charge in [0.05, 0.1) is 10.6 Å². The van der Waals surface area contributed by atoms with Crippen LogP contribution in [0.3, 0.4) is 0 Å². The van der Waals surface area contributed by atoms with Gasteiger partial charge in [0.25, 0.3) is 5.91 Å². The van der Waals surface area contributed by atoms with Gasteiger partial charge in [0.15, 0.2) is 0 Å². The van der Waals surface area contributed by atoms with Gasteiger partial charge in [-0.25, -0.2) is 0 Å². The molecule has 1 amide bonds. The molecular weight excluding hydrogens is 421 g/mol. The molecule has 1 N–H and O–H groups in total. The summed E-state index contributed by atoms with van der Waals surface area (Å²) in [5.74, 6) is -0.356. The van der Waals surface area contributed by atoms with Crippen molar-refractivity contribution in [2.45, 2.75) is 0 Å². The van der Waals surface area contributed by atoms with Crippen LogP contribution in [0, 0.1) is 0 Å². The lowest BCUT2D eigenvalue weighted by Crippen LogP contribution is -2.12. The molecule has 23 heavy (non-hydrogen) atoms. The lowest BCUT2D eigenvalue weighted by Gasteiger charge is -2.03. The second kappa shape index (κ2) is 6.97. The Hall–Kier alpha value is -1.47. The first kappa shape index (κ1) is 16.4. The van der Waals surface area contributed by atoms with Crippen molar-refractivity contribution in [1.29, 1.82) is 0 Å². The molecule has 1 aromatic heterocycles. The minimum absolute atomic E-state index is 0.285. The van der Waals surface area contributed by atoms with Gasteiger partial charge in [-0.05, 0) is 30.3 Å². The lowest BCUT2D eigenvalue weighted by atomic mass is 10.2. The third-order valence-electron chi connectivity index (χ3n) is 2.91. The van der Waals surface area contributed by atoms with Gasteiger partial charge in [0, 0.05) is 15.1 Å². The molecule has 0 saturated heterocycles. The molecule has 0 aliphatic rings. The largest absolute Gasteiger partial charge is 0.296 e. The summed E-state index contributed by atoms with van der Waals surface area (Å²) in [6.45, 7) is 0. The molecule has 8 heteroatoms. The summed E-state index contributed by atoms with van der Waals surface area (Å²) in [4.78, 5) is 12.2. The van der Waals surface area contributed by atoms with Crippen LogP contribution in [-0.4, -0.2) is 16.1 Å². The van der Waals surface area contributed by atoms with E-state index in [9.17, 15) is 4.79 Å². The Balaban J connectivity index is 1.78. The molecule has 3 rings (SSSR count). The van der Waals surface area contributed by atoms with Crippen LogP contribution >= 0.6 is 50.5 Å². The van der Waals surface area contributed by atoms with Crippen LogP contribution in [0.5, 0.6) is 0 Å². The van der Waals surface area contributed by atoms with Crippen LogP contribution in [-0.2, 0) is 0 Å². The highest BCUT2D eigenvalue weighted by Crippen LogP contribution is 2.28. The molecule has 0 fully saturated rings. The number of rotatable bonds is 3. The SMILES string of the molecule is O=C(Nc1nnc(-c2ccc(Br)cc2)s1)c1ccc(Cl)cc1Cl. The van der Waals surface area contributed by atoms with Crippen molar-refractivity contribution in [2.24, 2.45) is 0 Å². The first-order valence-corrected chi connectivity index (χ1v) is 8.75. The minimum atomic E-state index is -0.356. The minimum Gasteiger partial charge on any atom is -0.296 e. The molecule has 0 aliphatic carbocycles. The Kier molecular flexibility index (Phi) is 4.96. The van der Waals surface area contributed by atoms with E-state index in [2.05, 4.69) is 31.4 Å². The van der Waals surface area contributed by atoms with Crippen molar-refractivity contribution < 1.29 is 4.79 Å². The summed E-state index contributed by atoms with van der Waals surface area (Å²) in [6.07, 6.45) is 0. The van der Waals surface area contributed by atoms with E-state index in [1.54, 1.807) is 12.1 Å². The second-order valence-corrected chi connectivity index (χ2v) is 7.23. The normalized spacial score (nSPS) is 10.6. The standard InChI is InChI=1S/C15H8BrCl2N3OS/c16-9-3-1-8(2-4-9)14-20-21-15(23-14)19-13(22)11-6-5-10(17)7-12(11)18/h1-7H,(H,19,21,22). The van der Waals surface area contributed by atoms with Gasteiger partial charge in [0.2, 0.25) is 5.13 Å².